The molecule has 1 heterocycles. The van der Waals surface area contributed by atoms with Crippen molar-refractivity contribution in [3.63, 3.8) is 0 Å². The van der Waals surface area contributed by atoms with E-state index in [4.69, 9.17) is 5.11 Å². The van der Waals surface area contributed by atoms with Crippen LogP contribution in [0, 0.1) is 0 Å². The van der Waals surface area contributed by atoms with Crippen molar-refractivity contribution in [1.29, 1.82) is 0 Å². The van der Waals surface area contributed by atoms with E-state index in [-0.39, 0.29) is 18.6 Å². The van der Waals surface area contributed by atoms with Gasteiger partial charge in [0.1, 0.15) is 0 Å². The number of aliphatic hydroxyl groups is 1. The topological polar surface area (TPSA) is 62.2 Å². The number of fused-ring (bicyclic) bond motifs is 1. The van der Waals surface area contributed by atoms with Crippen LogP contribution in [0.3, 0.4) is 0 Å². The lowest BCUT2D eigenvalue weighted by atomic mass is 10.3. The van der Waals surface area contributed by atoms with Crippen LogP contribution in [0.25, 0.3) is 10.2 Å². The molecule has 0 unspecified atom stereocenters. The third kappa shape index (κ3) is 3.44. The highest BCUT2D eigenvalue weighted by Gasteiger charge is 2.09. The van der Waals surface area contributed by atoms with Crippen LogP contribution in [0.1, 0.15) is 6.92 Å². The second-order valence-corrected chi connectivity index (χ2v) is 6.14. The lowest BCUT2D eigenvalue weighted by Crippen LogP contribution is -2.36. The SMILES string of the molecule is C[C@@H](CO)NC(=O)CSc1nc2ccccc2s1. The van der Waals surface area contributed by atoms with Gasteiger partial charge in [0.2, 0.25) is 5.91 Å². The number of aliphatic hydroxyl groups excluding tert-OH is 1. The van der Waals surface area contributed by atoms with Crippen molar-refractivity contribution in [3.05, 3.63) is 24.3 Å². The maximum Gasteiger partial charge on any atom is 0.230 e. The molecule has 0 saturated heterocycles. The number of thioether (sulfide) groups is 1. The van der Waals surface area contributed by atoms with Gasteiger partial charge in [0.15, 0.2) is 4.34 Å². The van der Waals surface area contributed by atoms with Crippen molar-refractivity contribution in [2.75, 3.05) is 12.4 Å². The van der Waals surface area contributed by atoms with Gasteiger partial charge in [-0.2, -0.15) is 0 Å². The van der Waals surface area contributed by atoms with Crippen LogP contribution in [0.4, 0.5) is 0 Å². The lowest BCUT2D eigenvalue weighted by molar-refractivity contribution is -0.119. The van der Waals surface area contributed by atoms with Gasteiger partial charge in [-0.1, -0.05) is 23.9 Å². The fourth-order valence-corrected chi connectivity index (χ4v) is 3.28. The average Bonchev–Trinajstić information content (AvgIpc) is 2.79. The number of carbonyl (C=O) groups excluding carboxylic acids is 1. The molecule has 1 aromatic carbocycles. The van der Waals surface area contributed by atoms with Gasteiger partial charge in [-0.3, -0.25) is 4.79 Å². The Bertz CT molecular complexity index is 509. The summed E-state index contributed by atoms with van der Waals surface area (Å²) in [7, 11) is 0. The normalized spacial score (nSPS) is 12.6. The first-order valence-electron chi connectivity index (χ1n) is 5.57. The van der Waals surface area contributed by atoms with E-state index >= 15 is 0 Å². The van der Waals surface area contributed by atoms with Gasteiger partial charge >= 0.3 is 0 Å². The second-order valence-electron chi connectivity index (χ2n) is 3.89. The number of nitrogens with one attached hydrogen (secondary N) is 1. The zero-order valence-electron chi connectivity index (χ0n) is 9.92. The summed E-state index contributed by atoms with van der Waals surface area (Å²) in [4.78, 5) is 16.0. The van der Waals surface area contributed by atoms with Crippen LogP contribution in [0.5, 0.6) is 0 Å². The Labute approximate surface area is 113 Å². The number of rotatable bonds is 5. The monoisotopic (exact) mass is 282 g/mol. The highest BCUT2D eigenvalue weighted by atomic mass is 32.2. The highest BCUT2D eigenvalue weighted by Crippen LogP contribution is 2.28. The summed E-state index contributed by atoms with van der Waals surface area (Å²) in [5.74, 6) is 0.241. The van der Waals surface area contributed by atoms with Gasteiger partial charge in [-0.25, -0.2) is 4.98 Å². The van der Waals surface area contributed by atoms with Gasteiger partial charge in [-0.05, 0) is 19.1 Å². The summed E-state index contributed by atoms with van der Waals surface area (Å²) in [6, 6.07) is 7.71. The predicted octanol–water partition coefficient (Wildman–Crippen LogP) is 1.89. The smallest absolute Gasteiger partial charge is 0.230 e. The number of para-hydroxylation sites is 1. The van der Waals surface area contributed by atoms with Gasteiger partial charge < -0.3 is 10.4 Å². The summed E-state index contributed by atoms with van der Waals surface area (Å²) in [5, 5.41) is 11.5. The molecule has 0 saturated carbocycles. The zero-order valence-corrected chi connectivity index (χ0v) is 11.6. The molecule has 18 heavy (non-hydrogen) atoms. The number of nitrogens with zero attached hydrogens (tertiary/aromatic N) is 1. The molecule has 2 N–H and O–H groups in total. The van der Waals surface area contributed by atoms with Crippen LogP contribution in [0.2, 0.25) is 0 Å². The third-order valence-electron chi connectivity index (χ3n) is 2.28. The number of benzene rings is 1. The van der Waals surface area contributed by atoms with Crippen molar-refractivity contribution in [3.8, 4) is 0 Å². The molecule has 0 fully saturated rings. The standard InChI is InChI=1S/C12H14N2O2S2/c1-8(6-15)13-11(16)7-17-12-14-9-4-2-3-5-10(9)18-12/h2-5,8,15H,6-7H2,1H3,(H,13,16)/t8-/m0/s1. The average molecular weight is 282 g/mol. The van der Waals surface area contributed by atoms with E-state index in [0.29, 0.717) is 5.75 Å². The molecule has 4 nitrogen and oxygen atoms in total. The molecule has 0 radical (unpaired) electrons. The van der Waals surface area contributed by atoms with Crippen LogP contribution >= 0.6 is 23.1 Å². The van der Waals surface area contributed by atoms with Crippen LogP contribution in [0.15, 0.2) is 28.6 Å². The number of carbonyl (C=O) groups is 1. The minimum Gasteiger partial charge on any atom is -0.394 e. The van der Waals surface area contributed by atoms with Crippen molar-refractivity contribution < 1.29 is 9.90 Å². The molecule has 0 aliphatic carbocycles. The molecule has 0 aliphatic rings. The van der Waals surface area contributed by atoms with Gasteiger partial charge in [0, 0.05) is 6.04 Å². The van der Waals surface area contributed by atoms with Gasteiger partial charge in [-0.15, -0.1) is 11.3 Å². The lowest BCUT2D eigenvalue weighted by Gasteiger charge is -2.09. The molecule has 6 heteroatoms. The predicted molar refractivity (Wildman–Crippen MR) is 75.0 cm³/mol. The van der Waals surface area contributed by atoms with Crippen molar-refractivity contribution in [1.82, 2.24) is 10.3 Å². The van der Waals surface area contributed by atoms with Crippen molar-refractivity contribution >= 4 is 39.2 Å². The molecule has 0 spiro atoms. The molecule has 1 amide bonds. The first-order chi connectivity index (χ1) is 8.69. The van der Waals surface area contributed by atoms with Crippen LogP contribution < -0.4 is 5.32 Å². The first kappa shape index (κ1) is 13.3. The largest absolute Gasteiger partial charge is 0.394 e. The summed E-state index contributed by atoms with van der Waals surface area (Å²) < 4.78 is 2.02. The van der Waals surface area contributed by atoms with Crippen LogP contribution in [-0.4, -0.2) is 34.4 Å². The maximum absolute atomic E-state index is 11.5. The van der Waals surface area contributed by atoms with Crippen molar-refractivity contribution in [2.24, 2.45) is 0 Å². The van der Waals surface area contributed by atoms with E-state index < -0.39 is 0 Å². The molecular weight excluding hydrogens is 268 g/mol. The number of aromatic nitrogens is 1. The highest BCUT2D eigenvalue weighted by molar-refractivity contribution is 8.01. The minimum absolute atomic E-state index is 0.0441. The van der Waals surface area contributed by atoms with Crippen molar-refractivity contribution in [2.45, 2.75) is 17.3 Å². The van der Waals surface area contributed by atoms with Gasteiger partial charge in [0.05, 0.1) is 22.6 Å². The number of hydrogen-bond acceptors (Lipinski definition) is 5. The summed E-state index contributed by atoms with van der Waals surface area (Å²) in [6.45, 7) is 1.72. The van der Waals surface area contributed by atoms with E-state index in [9.17, 15) is 4.79 Å². The molecule has 1 aromatic heterocycles. The Morgan fingerprint density at radius 1 is 1.56 bits per heavy atom. The summed E-state index contributed by atoms with van der Waals surface area (Å²) >= 11 is 3.01. The second kappa shape index (κ2) is 6.17. The Hall–Kier alpha value is -1.11. The molecule has 0 aliphatic heterocycles. The first-order valence-corrected chi connectivity index (χ1v) is 7.38. The molecule has 2 rings (SSSR count). The number of thiazole rings is 1. The maximum atomic E-state index is 11.5. The Balaban J connectivity index is 1.92. The van der Waals surface area contributed by atoms with Crippen LogP contribution in [-0.2, 0) is 4.79 Å². The summed E-state index contributed by atoms with van der Waals surface area (Å²) in [6.07, 6.45) is 0. The fraction of sp³-hybridized carbons (Fsp3) is 0.333. The Morgan fingerprint density at radius 2 is 2.33 bits per heavy atom. The third-order valence-corrected chi connectivity index (χ3v) is 4.46. The molecular formula is C12H14N2O2S2. The number of amides is 1. The van der Waals surface area contributed by atoms with E-state index in [1.165, 1.54) is 11.8 Å². The Morgan fingerprint density at radius 3 is 3.06 bits per heavy atom. The number of hydrogen-bond donors (Lipinski definition) is 2. The molecule has 2 aromatic rings. The molecule has 1 atom stereocenters. The minimum atomic E-state index is -0.200. The zero-order chi connectivity index (χ0) is 13.0. The quantitative estimate of drug-likeness (QED) is 0.822. The molecule has 96 valence electrons. The summed E-state index contributed by atoms with van der Waals surface area (Å²) in [5.41, 5.74) is 0.967. The molecule has 0 bridgehead atoms. The van der Waals surface area contributed by atoms with E-state index in [2.05, 4.69) is 10.3 Å². The van der Waals surface area contributed by atoms with E-state index in [1.54, 1.807) is 18.3 Å². The van der Waals surface area contributed by atoms with E-state index in [1.807, 2.05) is 24.3 Å². The Kier molecular flexibility index (Phi) is 4.57. The fourth-order valence-electron chi connectivity index (χ4n) is 1.40. The van der Waals surface area contributed by atoms with Gasteiger partial charge in [0.25, 0.3) is 0 Å². The van der Waals surface area contributed by atoms with E-state index in [0.717, 1.165) is 14.6 Å².